The van der Waals surface area contributed by atoms with Crippen molar-refractivity contribution in [1.29, 1.82) is 0 Å². The Bertz CT molecular complexity index is 1140. The van der Waals surface area contributed by atoms with Gasteiger partial charge in [0, 0.05) is 73.9 Å². The normalized spacial score (nSPS) is 14.7. The fraction of sp³-hybridized carbons (Fsp3) is 0.286. The average Bonchev–Trinajstić information content (AvgIpc) is 3.62. The maximum Gasteiger partial charge on any atom is 0.133 e. The Morgan fingerprint density at radius 3 is 1.49 bits per heavy atom. The molecule has 0 amide bonds. The lowest BCUT2D eigenvalue weighted by atomic mass is 10.1. The topological polar surface area (TPSA) is 55.3 Å². The number of benzene rings is 3. The summed E-state index contributed by atoms with van der Waals surface area (Å²) in [6.45, 7) is 4.40. The average molecular weight is 471 g/mol. The van der Waals surface area contributed by atoms with E-state index in [2.05, 4.69) is 78.9 Å². The molecule has 0 bridgehead atoms. The summed E-state index contributed by atoms with van der Waals surface area (Å²) in [6.07, 6.45) is 0. The summed E-state index contributed by atoms with van der Waals surface area (Å²) < 4.78 is 15.5. The smallest absolute Gasteiger partial charge is 0.133 e. The minimum atomic E-state index is -0.145. The predicted molar refractivity (Wildman–Crippen MR) is 142 cm³/mol. The van der Waals surface area contributed by atoms with Crippen LogP contribution in [0.25, 0.3) is 0 Å². The molecule has 0 atom stereocenters. The van der Waals surface area contributed by atoms with E-state index >= 15 is 4.39 Å². The van der Waals surface area contributed by atoms with Gasteiger partial charge in [0.25, 0.3) is 0 Å². The third-order valence-electron chi connectivity index (χ3n) is 6.49. The Morgan fingerprint density at radius 2 is 1.11 bits per heavy atom. The Hall–Kier alpha value is -3.87. The molecule has 0 spiro atoms. The summed E-state index contributed by atoms with van der Waals surface area (Å²) in [5, 5.41) is 6.59. The molecule has 0 aliphatic carbocycles. The lowest BCUT2D eigenvalue weighted by molar-refractivity contribution is 0.589. The van der Waals surface area contributed by atoms with Gasteiger partial charge in [-0.3, -0.25) is 9.98 Å². The molecule has 0 fully saturated rings. The molecule has 180 valence electrons. The number of nitrogens with zero attached hydrogens (tertiary/aromatic N) is 4. The highest BCUT2D eigenvalue weighted by Gasteiger charge is 2.14. The molecule has 2 N–H and O–H groups in total. The van der Waals surface area contributed by atoms with Crippen molar-refractivity contribution in [2.75, 3.05) is 50.1 Å². The number of anilines is 2. The second-order valence-electron chi connectivity index (χ2n) is 9.01. The third kappa shape index (κ3) is 5.14. The SMILES string of the molecule is CN(Cc1cccc(CN(C)c2ccc(C3=NCCN3)cc2)c1F)c1ccc(C2=NCCN2)cc1. The number of amidine groups is 2. The van der Waals surface area contributed by atoms with Gasteiger partial charge in [-0.05, 0) is 48.5 Å². The van der Waals surface area contributed by atoms with Crippen molar-refractivity contribution in [1.82, 2.24) is 10.6 Å². The second kappa shape index (κ2) is 10.2. The minimum absolute atomic E-state index is 0.145. The van der Waals surface area contributed by atoms with Crippen molar-refractivity contribution < 1.29 is 4.39 Å². The zero-order chi connectivity index (χ0) is 24.2. The van der Waals surface area contributed by atoms with Crippen LogP contribution in [0, 0.1) is 5.82 Å². The number of hydrogen-bond donors (Lipinski definition) is 2. The number of aliphatic imine (C=N–C) groups is 2. The molecule has 0 saturated heterocycles. The molecule has 0 unspecified atom stereocenters. The first kappa shape index (κ1) is 22.9. The second-order valence-corrected chi connectivity index (χ2v) is 9.01. The Labute approximate surface area is 206 Å². The first-order chi connectivity index (χ1) is 17.1. The van der Waals surface area contributed by atoms with Crippen LogP contribution < -0.4 is 20.4 Å². The quantitative estimate of drug-likeness (QED) is 0.526. The largest absolute Gasteiger partial charge is 0.370 e. The predicted octanol–water partition coefficient (Wildman–Crippen LogP) is 3.80. The molecule has 0 aromatic heterocycles. The molecule has 0 saturated carbocycles. The van der Waals surface area contributed by atoms with Gasteiger partial charge >= 0.3 is 0 Å². The van der Waals surface area contributed by atoms with Crippen LogP contribution in [0.4, 0.5) is 15.8 Å². The first-order valence-electron chi connectivity index (χ1n) is 12.0. The van der Waals surface area contributed by atoms with E-state index in [1.54, 1.807) is 0 Å². The van der Waals surface area contributed by atoms with Gasteiger partial charge in [0.1, 0.15) is 17.5 Å². The van der Waals surface area contributed by atoms with E-state index in [-0.39, 0.29) is 5.82 Å². The molecule has 0 radical (unpaired) electrons. The first-order valence-corrected chi connectivity index (χ1v) is 12.0. The highest BCUT2D eigenvalue weighted by atomic mass is 19.1. The molecular formula is C28H31FN6. The molecule has 2 aliphatic heterocycles. The van der Waals surface area contributed by atoms with E-state index in [1.165, 1.54) is 0 Å². The van der Waals surface area contributed by atoms with Gasteiger partial charge in [0.05, 0.1) is 13.1 Å². The fourth-order valence-electron chi connectivity index (χ4n) is 4.50. The number of nitrogens with one attached hydrogen (secondary N) is 2. The van der Waals surface area contributed by atoms with Crippen molar-refractivity contribution in [3.63, 3.8) is 0 Å². The van der Waals surface area contributed by atoms with E-state index in [0.717, 1.165) is 60.4 Å². The molecule has 3 aromatic carbocycles. The Kier molecular flexibility index (Phi) is 6.66. The van der Waals surface area contributed by atoms with Gasteiger partial charge in [0.15, 0.2) is 0 Å². The molecule has 3 aromatic rings. The molecule has 7 heteroatoms. The zero-order valence-electron chi connectivity index (χ0n) is 20.3. The van der Waals surface area contributed by atoms with Gasteiger partial charge < -0.3 is 20.4 Å². The highest BCUT2D eigenvalue weighted by molar-refractivity contribution is 6.00. The molecule has 6 nitrogen and oxygen atoms in total. The number of rotatable bonds is 8. The van der Waals surface area contributed by atoms with Crippen molar-refractivity contribution in [2.24, 2.45) is 9.98 Å². The Balaban J connectivity index is 1.25. The molecule has 5 rings (SSSR count). The van der Waals surface area contributed by atoms with Gasteiger partial charge in [-0.15, -0.1) is 0 Å². The van der Waals surface area contributed by atoms with Crippen LogP contribution in [0.15, 0.2) is 76.7 Å². The van der Waals surface area contributed by atoms with E-state index < -0.39 is 0 Å². The summed E-state index contributed by atoms with van der Waals surface area (Å²) in [5.74, 6) is 1.75. The van der Waals surface area contributed by atoms with Crippen LogP contribution in [0.3, 0.4) is 0 Å². The molecular weight excluding hydrogens is 439 g/mol. The summed E-state index contributed by atoms with van der Waals surface area (Å²) in [4.78, 5) is 13.1. The zero-order valence-corrected chi connectivity index (χ0v) is 20.3. The summed E-state index contributed by atoms with van der Waals surface area (Å²) in [7, 11) is 3.98. The lowest BCUT2D eigenvalue weighted by Crippen LogP contribution is -2.21. The lowest BCUT2D eigenvalue weighted by Gasteiger charge is -2.23. The van der Waals surface area contributed by atoms with Gasteiger partial charge in [-0.25, -0.2) is 4.39 Å². The number of hydrogen-bond acceptors (Lipinski definition) is 6. The summed E-state index contributed by atoms with van der Waals surface area (Å²) in [6, 6.07) is 22.2. The van der Waals surface area contributed by atoms with Crippen molar-refractivity contribution in [3.8, 4) is 0 Å². The Morgan fingerprint density at radius 1 is 0.686 bits per heavy atom. The maximum absolute atomic E-state index is 15.5. The van der Waals surface area contributed by atoms with E-state index in [9.17, 15) is 0 Å². The van der Waals surface area contributed by atoms with Crippen LogP contribution in [0.5, 0.6) is 0 Å². The van der Waals surface area contributed by atoms with Crippen LogP contribution in [0.1, 0.15) is 22.3 Å². The molecule has 35 heavy (non-hydrogen) atoms. The third-order valence-corrected chi connectivity index (χ3v) is 6.49. The van der Waals surface area contributed by atoms with Crippen LogP contribution in [-0.2, 0) is 13.1 Å². The summed E-state index contributed by atoms with van der Waals surface area (Å²) >= 11 is 0. The van der Waals surface area contributed by atoms with Crippen molar-refractivity contribution in [2.45, 2.75) is 13.1 Å². The fourth-order valence-corrected chi connectivity index (χ4v) is 4.50. The maximum atomic E-state index is 15.5. The van der Waals surface area contributed by atoms with E-state index in [1.807, 2.05) is 32.3 Å². The minimum Gasteiger partial charge on any atom is -0.370 e. The van der Waals surface area contributed by atoms with E-state index in [0.29, 0.717) is 24.2 Å². The molecule has 2 heterocycles. The molecule has 2 aliphatic rings. The summed E-state index contributed by atoms with van der Waals surface area (Å²) in [5.41, 5.74) is 5.61. The van der Waals surface area contributed by atoms with Crippen molar-refractivity contribution in [3.05, 3.63) is 94.8 Å². The van der Waals surface area contributed by atoms with Crippen LogP contribution in [-0.4, -0.2) is 51.9 Å². The van der Waals surface area contributed by atoms with Gasteiger partial charge in [0.2, 0.25) is 0 Å². The van der Waals surface area contributed by atoms with E-state index in [4.69, 9.17) is 0 Å². The van der Waals surface area contributed by atoms with Crippen LogP contribution in [0.2, 0.25) is 0 Å². The number of halogens is 1. The van der Waals surface area contributed by atoms with Gasteiger partial charge in [-0.2, -0.15) is 0 Å². The standard InChI is InChI=1S/C28H31FN6/c1-34(24-10-6-20(7-11-24)27-30-14-15-31-27)18-22-4-3-5-23(26(22)29)19-35(2)25-12-8-21(9-13-25)28-32-16-17-33-28/h3-13H,14-19H2,1-2H3,(H,30,31)(H,32,33). The van der Waals surface area contributed by atoms with Crippen molar-refractivity contribution >= 4 is 23.0 Å². The monoisotopic (exact) mass is 470 g/mol. The van der Waals surface area contributed by atoms with Crippen LogP contribution >= 0.6 is 0 Å². The van der Waals surface area contributed by atoms with Gasteiger partial charge in [-0.1, -0.05) is 18.2 Å². The highest BCUT2D eigenvalue weighted by Crippen LogP contribution is 2.23.